The van der Waals surface area contributed by atoms with E-state index in [9.17, 15) is 4.79 Å². The van der Waals surface area contributed by atoms with Crippen molar-refractivity contribution in [3.8, 4) is 0 Å². The second-order valence-corrected chi connectivity index (χ2v) is 2.69. The van der Waals surface area contributed by atoms with Gasteiger partial charge in [-0.15, -0.1) is 0 Å². The molecule has 2 aliphatic rings. The molecule has 2 rings (SSSR count). The van der Waals surface area contributed by atoms with E-state index in [2.05, 4.69) is 10.6 Å². The van der Waals surface area contributed by atoms with Crippen LogP contribution in [0.3, 0.4) is 0 Å². The third-order valence-corrected chi connectivity index (χ3v) is 2.07. The zero-order valence-electron chi connectivity index (χ0n) is 5.18. The predicted molar refractivity (Wildman–Crippen MR) is 33.0 cm³/mol. The Bertz CT molecular complexity index is 146. The minimum Gasteiger partial charge on any atom is -0.350 e. The van der Waals surface area contributed by atoms with Crippen molar-refractivity contribution in [3.05, 3.63) is 0 Å². The lowest BCUT2D eigenvalue weighted by molar-refractivity contribution is -0.132. The standard InChI is InChI=1S/C6H10N2O/c9-6-5-4(8-6)2-1-3-7-5/h4-5,7H,1-3H2,(H,8,9)/t4-,5+/m1/s1. The smallest absolute Gasteiger partial charge is 0.239 e. The van der Waals surface area contributed by atoms with E-state index in [1.54, 1.807) is 0 Å². The van der Waals surface area contributed by atoms with Gasteiger partial charge in [-0.05, 0) is 19.4 Å². The molecular formula is C6H10N2O. The van der Waals surface area contributed by atoms with Crippen molar-refractivity contribution in [2.24, 2.45) is 0 Å². The van der Waals surface area contributed by atoms with E-state index in [4.69, 9.17) is 0 Å². The normalized spacial score (nSPS) is 40.7. The van der Waals surface area contributed by atoms with Crippen LogP contribution in [0.2, 0.25) is 0 Å². The van der Waals surface area contributed by atoms with Crippen LogP contribution in [-0.4, -0.2) is 24.5 Å². The fourth-order valence-corrected chi connectivity index (χ4v) is 1.50. The number of nitrogens with one attached hydrogen (secondary N) is 2. The van der Waals surface area contributed by atoms with Crippen molar-refractivity contribution < 1.29 is 4.79 Å². The number of amides is 1. The molecule has 2 N–H and O–H groups in total. The maximum absolute atomic E-state index is 10.7. The van der Waals surface area contributed by atoms with Gasteiger partial charge in [-0.3, -0.25) is 4.79 Å². The lowest BCUT2D eigenvalue weighted by Crippen LogP contribution is -2.70. The van der Waals surface area contributed by atoms with Gasteiger partial charge in [-0.2, -0.15) is 0 Å². The Kier molecular flexibility index (Phi) is 0.990. The Morgan fingerprint density at radius 1 is 1.56 bits per heavy atom. The molecule has 0 aliphatic carbocycles. The zero-order valence-corrected chi connectivity index (χ0v) is 5.18. The number of carbonyl (C=O) groups excluding carboxylic acids is 1. The van der Waals surface area contributed by atoms with E-state index in [1.807, 2.05) is 0 Å². The summed E-state index contributed by atoms with van der Waals surface area (Å²) in [7, 11) is 0. The second-order valence-electron chi connectivity index (χ2n) is 2.69. The van der Waals surface area contributed by atoms with Gasteiger partial charge < -0.3 is 10.6 Å². The fraction of sp³-hybridized carbons (Fsp3) is 0.833. The number of rotatable bonds is 0. The SMILES string of the molecule is O=C1N[C@@H]2CCCN[C@H]12. The number of β-lactam (4-membered cyclic amide) rings is 1. The van der Waals surface area contributed by atoms with Crippen LogP contribution in [0.15, 0.2) is 0 Å². The molecule has 0 spiro atoms. The molecule has 2 heterocycles. The largest absolute Gasteiger partial charge is 0.350 e. The molecule has 0 saturated carbocycles. The summed E-state index contributed by atoms with van der Waals surface area (Å²) in [5.74, 6) is 0.180. The van der Waals surface area contributed by atoms with Crippen molar-refractivity contribution >= 4 is 5.91 Å². The molecular weight excluding hydrogens is 116 g/mol. The highest BCUT2D eigenvalue weighted by Gasteiger charge is 2.40. The summed E-state index contributed by atoms with van der Waals surface area (Å²) in [6.07, 6.45) is 2.35. The predicted octanol–water partition coefficient (Wildman–Crippen LogP) is -0.763. The summed E-state index contributed by atoms with van der Waals surface area (Å²) in [6.45, 7) is 1.01. The quantitative estimate of drug-likeness (QED) is 0.419. The molecule has 0 aromatic carbocycles. The highest BCUT2D eigenvalue weighted by molar-refractivity contribution is 5.89. The van der Waals surface area contributed by atoms with Crippen molar-refractivity contribution in [1.29, 1.82) is 0 Å². The maximum atomic E-state index is 10.7. The summed E-state index contributed by atoms with van der Waals surface area (Å²) in [6, 6.07) is 0.602. The third-order valence-electron chi connectivity index (χ3n) is 2.07. The number of hydrogen-bond acceptors (Lipinski definition) is 2. The zero-order chi connectivity index (χ0) is 6.27. The van der Waals surface area contributed by atoms with E-state index < -0.39 is 0 Å². The highest BCUT2D eigenvalue weighted by Crippen LogP contribution is 2.15. The van der Waals surface area contributed by atoms with Gasteiger partial charge in [0, 0.05) is 0 Å². The Morgan fingerprint density at radius 2 is 2.44 bits per heavy atom. The number of piperidine rings is 1. The van der Waals surface area contributed by atoms with E-state index in [-0.39, 0.29) is 11.9 Å². The number of carbonyl (C=O) groups is 1. The topological polar surface area (TPSA) is 41.1 Å². The summed E-state index contributed by atoms with van der Waals surface area (Å²) in [4.78, 5) is 10.7. The van der Waals surface area contributed by atoms with Crippen LogP contribution in [0, 0.1) is 0 Å². The van der Waals surface area contributed by atoms with Crippen LogP contribution in [0.25, 0.3) is 0 Å². The molecule has 3 nitrogen and oxygen atoms in total. The minimum atomic E-state index is 0.152. The van der Waals surface area contributed by atoms with E-state index >= 15 is 0 Å². The number of fused-ring (bicyclic) bond motifs is 1. The second kappa shape index (κ2) is 1.70. The molecule has 0 bridgehead atoms. The molecule has 2 saturated heterocycles. The fourth-order valence-electron chi connectivity index (χ4n) is 1.50. The molecule has 3 heteroatoms. The van der Waals surface area contributed by atoms with E-state index in [1.165, 1.54) is 6.42 Å². The van der Waals surface area contributed by atoms with Crippen LogP contribution in [0.4, 0.5) is 0 Å². The van der Waals surface area contributed by atoms with Crippen LogP contribution < -0.4 is 10.6 Å². The van der Waals surface area contributed by atoms with Gasteiger partial charge in [-0.1, -0.05) is 0 Å². The van der Waals surface area contributed by atoms with Gasteiger partial charge >= 0.3 is 0 Å². The van der Waals surface area contributed by atoms with Gasteiger partial charge in [0.05, 0.1) is 6.04 Å². The maximum Gasteiger partial charge on any atom is 0.239 e. The van der Waals surface area contributed by atoms with Crippen LogP contribution >= 0.6 is 0 Å². The Balaban J connectivity index is 2.01. The first-order valence-electron chi connectivity index (χ1n) is 3.42. The monoisotopic (exact) mass is 126 g/mol. The summed E-state index contributed by atoms with van der Waals surface area (Å²) < 4.78 is 0. The molecule has 2 atom stereocenters. The Labute approximate surface area is 53.8 Å². The first-order valence-corrected chi connectivity index (χ1v) is 3.42. The molecule has 2 aliphatic heterocycles. The van der Waals surface area contributed by atoms with E-state index in [0.717, 1.165) is 13.0 Å². The molecule has 0 aromatic heterocycles. The molecule has 1 amide bonds. The van der Waals surface area contributed by atoms with Gasteiger partial charge in [-0.25, -0.2) is 0 Å². The Morgan fingerprint density at radius 3 is 3.00 bits per heavy atom. The molecule has 2 fully saturated rings. The van der Waals surface area contributed by atoms with E-state index in [0.29, 0.717) is 6.04 Å². The molecule has 9 heavy (non-hydrogen) atoms. The van der Waals surface area contributed by atoms with Crippen molar-refractivity contribution in [1.82, 2.24) is 10.6 Å². The van der Waals surface area contributed by atoms with Gasteiger partial charge in [0.15, 0.2) is 0 Å². The highest BCUT2D eigenvalue weighted by atomic mass is 16.2. The average Bonchev–Trinajstić information content (AvgIpc) is 1.86. The average molecular weight is 126 g/mol. The molecule has 50 valence electrons. The van der Waals surface area contributed by atoms with Gasteiger partial charge in [0.25, 0.3) is 0 Å². The Hall–Kier alpha value is -0.570. The van der Waals surface area contributed by atoms with Gasteiger partial charge in [0.1, 0.15) is 6.04 Å². The minimum absolute atomic E-state index is 0.152. The van der Waals surface area contributed by atoms with Crippen LogP contribution in [0.5, 0.6) is 0 Å². The molecule has 0 aromatic rings. The first kappa shape index (κ1) is 5.23. The van der Waals surface area contributed by atoms with Crippen LogP contribution in [0.1, 0.15) is 12.8 Å². The summed E-state index contributed by atoms with van der Waals surface area (Å²) in [5, 5.41) is 6.00. The van der Waals surface area contributed by atoms with Crippen molar-refractivity contribution in [2.75, 3.05) is 6.54 Å². The number of hydrogen-bond donors (Lipinski definition) is 2. The molecule has 0 radical (unpaired) electrons. The third kappa shape index (κ3) is 0.645. The lowest BCUT2D eigenvalue weighted by Gasteiger charge is -2.40. The van der Waals surface area contributed by atoms with Crippen LogP contribution in [-0.2, 0) is 4.79 Å². The van der Waals surface area contributed by atoms with Crippen molar-refractivity contribution in [2.45, 2.75) is 24.9 Å². The van der Waals surface area contributed by atoms with Gasteiger partial charge in [0.2, 0.25) is 5.91 Å². The molecule has 0 unspecified atom stereocenters. The van der Waals surface area contributed by atoms with Crippen molar-refractivity contribution in [3.63, 3.8) is 0 Å². The summed E-state index contributed by atoms with van der Waals surface area (Å²) in [5.41, 5.74) is 0. The lowest BCUT2D eigenvalue weighted by atomic mass is 9.91. The first-order chi connectivity index (χ1) is 4.38. The summed E-state index contributed by atoms with van der Waals surface area (Å²) >= 11 is 0.